The minimum absolute atomic E-state index is 0.347. The van der Waals surface area contributed by atoms with Crippen LogP contribution in [0.15, 0.2) is 36.8 Å². The molecule has 1 aliphatic carbocycles. The van der Waals surface area contributed by atoms with Crippen molar-refractivity contribution in [2.45, 2.75) is 57.3 Å². The van der Waals surface area contributed by atoms with Gasteiger partial charge in [0, 0.05) is 30.6 Å². The van der Waals surface area contributed by atoms with Gasteiger partial charge in [0.05, 0.1) is 30.2 Å². The largest absolute Gasteiger partial charge is 0.384 e. The minimum Gasteiger partial charge on any atom is -0.384 e. The van der Waals surface area contributed by atoms with E-state index in [2.05, 4.69) is 26.8 Å². The van der Waals surface area contributed by atoms with Gasteiger partial charge < -0.3 is 20.1 Å². The van der Waals surface area contributed by atoms with Crippen molar-refractivity contribution in [2.24, 2.45) is 0 Å². The number of anilines is 2. The second kappa shape index (κ2) is 7.72. The zero-order chi connectivity index (χ0) is 20.6. The first-order valence-electron chi connectivity index (χ1n) is 10.2. The molecule has 2 aromatic heterocycles. The summed E-state index contributed by atoms with van der Waals surface area (Å²) < 4.78 is 5.53. The fraction of sp³-hybridized carbons (Fsp3) is 0.500. The Morgan fingerprint density at radius 3 is 2.55 bits per heavy atom. The number of hydrogen-bond acceptors (Lipinski definition) is 7. The number of ether oxygens (including phenoxy) is 1. The van der Waals surface area contributed by atoms with Crippen LogP contribution in [-0.4, -0.2) is 45.9 Å². The van der Waals surface area contributed by atoms with Crippen LogP contribution < -0.4 is 10.2 Å². The number of aromatic nitrogens is 3. The molecule has 0 spiro atoms. The molecule has 1 saturated carbocycles. The first kappa shape index (κ1) is 19.8. The van der Waals surface area contributed by atoms with Gasteiger partial charge in [0.25, 0.3) is 0 Å². The summed E-state index contributed by atoms with van der Waals surface area (Å²) in [5.74, 6) is 1.61. The van der Waals surface area contributed by atoms with E-state index in [0.29, 0.717) is 24.4 Å². The Kier molecular flexibility index (Phi) is 5.27. The van der Waals surface area contributed by atoms with Crippen LogP contribution in [0.5, 0.6) is 0 Å². The van der Waals surface area contributed by atoms with Crippen LogP contribution in [0, 0.1) is 0 Å². The molecule has 0 bridgehead atoms. The summed E-state index contributed by atoms with van der Waals surface area (Å²) >= 11 is 0. The van der Waals surface area contributed by atoms with Crippen molar-refractivity contribution in [2.75, 3.05) is 23.9 Å². The third-order valence-electron chi connectivity index (χ3n) is 5.81. The molecule has 2 aromatic rings. The van der Waals surface area contributed by atoms with Crippen molar-refractivity contribution in [3.63, 3.8) is 0 Å². The molecule has 0 aromatic carbocycles. The maximum Gasteiger partial charge on any atom is 0.176 e. The molecule has 2 aliphatic rings. The lowest BCUT2D eigenvalue weighted by atomic mass is 9.91. The van der Waals surface area contributed by atoms with E-state index in [4.69, 9.17) is 9.72 Å². The summed E-state index contributed by atoms with van der Waals surface area (Å²) in [6.07, 6.45) is 8.03. The normalized spacial score (nSPS) is 22.2. The standard InChI is InChI=1S/C22H29N5O2/c1-14-11-24-20-21(27(14)16-6-8-17(29-4)9-7-16)26-18(13-25-20)15-5-10-19(23-12-15)22(2,3)28/h5,10,12-13,16-17,28H,1,6-9,11H2,2-4H3,(H,24,25)/t16-,17-/i22+2. The number of hydrogen-bond donors (Lipinski definition) is 2. The molecular formula is C22H29N5O2. The van der Waals surface area contributed by atoms with E-state index in [9.17, 15) is 5.11 Å². The van der Waals surface area contributed by atoms with E-state index in [-0.39, 0.29) is 0 Å². The van der Waals surface area contributed by atoms with E-state index >= 15 is 0 Å². The quantitative estimate of drug-likeness (QED) is 0.817. The number of aliphatic hydroxyl groups is 1. The van der Waals surface area contributed by atoms with E-state index in [0.717, 1.165) is 54.3 Å². The van der Waals surface area contributed by atoms with Crippen LogP contribution in [-0.2, 0) is 10.3 Å². The number of nitrogens with one attached hydrogen (secondary N) is 1. The van der Waals surface area contributed by atoms with Gasteiger partial charge in [0.15, 0.2) is 11.6 Å². The average Bonchev–Trinajstić information content (AvgIpc) is 2.73. The highest BCUT2D eigenvalue weighted by atomic mass is 16.5. The maximum atomic E-state index is 10.1. The molecule has 0 amide bonds. The van der Waals surface area contributed by atoms with Gasteiger partial charge in [0.2, 0.25) is 0 Å². The zero-order valence-electron chi connectivity index (χ0n) is 17.4. The second-order valence-corrected chi connectivity index (χ2v) is 8.37. The predicted molar refractivity (Wildman–Crippen MR) is 114 cm³/mol. The number of fused-ring (bicyclic) bond motifs is 1. The van der Waals surface area contributed by atoms with Gasteiger partial charge in [0.1, 0.15) is 5.60 Å². The summed E-state index contributed by atoms with van der Waals surface area (Å²) in [6, 6.07) is 4.11. The van der Waals surface area contributed by atoms with Gasteiger partial charge in [-0.05, 0) is 51.7 Å². The molecule has 0 saturated heterocycles. The SMILES string of the molecule is C=C1CNc2ncc(-c3ccc([14C](C)(C)O)nc3)nc2N1[C@H]1CC[C@H](OC)CC1. The van der Waals surface area contributed by atoms with Gasteiger partial charge in [-0.15, -0.1) is 0 Å². The maximum absolute atomic E-state index is 10.1. The average molecular weight is 397 g/mol. The Labute approximate surface area is 171 Å². The predicted octanol–water partition coefficient (Wildman–Crippen LogP) is 3.47. The lowest BCUT2D eigenvalue weighted by Gasteiger charge is -2.41. The molecule has 1 aliphatic heterocycles. The first-order chi connectivity index (χ1) is 13.9. The number of nitrogens with zero attached hydrogens (tertiary/aromatic N) is 4. The highest BCUT2D eigenvalue weighted by Crippen LogP contribution is 2.37. The molecule has 154 valence electrons. The second-order valence-electron chi connectivity index (χ2n) is 8.37. The molecule has 2 N–H and O–H groups in total. The van der Waals surface area contributed by atoms with Crippen molar-refractivity contribution < 1.29 is 9.84 Å². The molecule has 7 nitrogen and oxygen atoms in total. The van der Waals surface area contributed by atoms with E-state index in [1.54, 1.807) is 33.4 Å². The van der Waals surface area contributed by atoms with Gasteiger partial charge in [-0.2, -0.15) is 0 Å². The fourth-order valence-electron chi connectivity index (χ4n) is 4.11. The summed E-state index contributed by atoms with van der Waals surface area (Å²) in [5.41, 5.74) is 2.29. The van der Waals surface area contributed by atoms with Crippen molar-refractivity contribution >= 4 is 11.6 Å². The first-order valence-corrected chi connectivity index (χ1v) is 10.2. The highest BCUT2D eigenvalue weighted by molar-refractivity contribution is 5.72. The van der Waals surface area contributed by atoms with Gasteiger partial charge in [-0.3, -0.25) is 4.98 Å². The van der Waals surface area contributed by atoms with Crippen molar-refractivity contribution in [1.29, 1.82) is 0 Å². The Balaban J connectivity index is 1.64. The summed E-state index contributed by atoms with van der Waals surface area (Å²) in [7, 11) is 1.79. The third kappa shape index (κ3) is 3.97. The van der Waals surface area contributed by atoms with Crippen LogP contribution in [0.2, 0.25) is 0 Å². The molecule has 0 radical (unpaired) electrons. The molecule has 0 atom stereocenters. The van der Waals surface area contributed by atoms with Crippen LogP contribution in [0.25, 0.3) is 11.3 Å². The molecular weight excluding hydrogens is 368 g/mol. The lowest BCUT2D eigenvalue weighted by Crippen LogP contribution is -2.43. The third-order valence-corrected chi connectivity index (χ3v) is 5.81. The molecule has 0 unspecified atom stereocenters. The molecule has 3 heterocycles. The molecule has 4 rings (SSSR count). The monoisotopic (exact) mass is 397 g/mol. The molecule has 7 heteroatoms. The summed E-state index contributed by atoms with van der Waals surface area (Å²) in [6.45, 7) is 8.39. The highest BCUT2D eigenvalue weighted by Gasteiger charge is 2.32. The summed E-state index contributed by atoms with van der Waals surface area (Å²) in [5, 5.41) is 13.5. The van der Waals surface area contributed by atoms with Gasteiger partial charge >= 0.3 is 0 Å². The van der Waals surface area contributed by atoms with Crippen LogP contribution in [0.4, 0.5) is 11.6 Å². The Morgan fingerprint density at radius 2 is 1.93 bits per heavy atom. The topological polar surface area (TPSA) is 83.4 Å². The van der Waals surface area contributed by atoms with E-state index in [1.807, 2.05) is 12.1 Å². The summed E-state index contributed by atoms with van der Waals surface area (Å²) in [4.78, 5) is 16.2. The number of methoxy groups -OCH3 is 1. The smallest absolute Gasteiger partial charge is 0.176 e. The van der Waals surface area contributed by atoms with Crippen LogP contribution in [0.3, 0.4) is 0 Å². The minimum atomic E-state index is -0.973. The Hall–Kier alpha value is -2.51. The van der Waals surface area contributed by atoms with Gasteiger partial charge in [-0.25, -0.2) is 9.97 Å². The van der Waals surface area contributed by atoms with Crippen molar-refractivity contribution in [3.8, 4) is 11.3 Å². The van der Waals surface area contributed by atoms with E-state index < -0.39 is 5.60 Å². The molecule has 1 fully saturated rings. The fourth-order valence-corrected chi connectivity index (χ4v) is 4.11. The van der Waals surface area contributed by atoms with Crippen molar-refractivity contribution in [3.05, 3.63) is 42.5 Å². The van der Waals surface area contributed by atoms with Crippen LogP contribution in [0.1, 0.15) is 45.2 Å². The Bertz CT molecular complexity index is 883. The van der Waals surface area contributed by atoms with Gasteiger partial charge in [-0.1, -0.05) is 6.58 Å². The number of pyridine rings is 1. The number of rotatable bonds is 4. The van der Waals surface area contributed by atoms with Crippen LogP contribution >= 0.6 is 0 Å². The lowest BCUT2D eigenvalue weighted by molar-refractivity contribution is 0.0660. The zero-order valence-corrected chi connectivity index (χ0v) is 17.4. The Morgan fingerprint density at radius 1 is 1.17 bits per heavy atom. The molecule has 29 heavy (non-hydrogen) atoms. The van der Waals surface area contributed by atoms with Crippen molar-refractivity contribution in [1.82, 2.24) is 15.0 Å². The van der Waals surface area contributed by atoms with E-state index in [1.165, 1.54) is 0 Å².